The van der Waals surface area contributed by atoms with Gasteiger partial charge >= 0.3 is 11.9 Å². The average Bonchev–Trinajstić information content (AvgIpc) is 1.98. The number of carbonyl (C=O) groups is 2. The number of phosphoric acid groups is 1. The summed E-state index contributed by atoms with van der Waals surface area (Å²) in [6.07, 6.45) is 105. The van der Waals surface area contributed by atoms with Gasteiger partial charge in [0.05, 0.1) is 27.7 Å². The van der Waals surface area contributed by atoms with Crippen molar-refractivity contribution >= 4 is 19.8 Å². The van der Waals surface area contributed by atoms with E-state index >= 15 is 0 Å². The molecule has 0 spiro atoms. The third-order valence-electron chi connectivity index (χ3n) is 18.7. The Balaban J connectivity index is 3.89. The van der Waals surface area contributed by atoms with Crippen LogP contribution in [-0.4, -0.2) is 70.0 Å². The van der Waals surface area contributed by atoms with Crippen LogP contribution in [0.4, 0.5) is 0 Å². The Hall–Kier alpha value is -2.55. The van der Waals surface area contributed by atoms with Gasteiger partial charge in [-0.05, 0) is 83.5 Å². The second-order valence-corrected chi connectivity index (χ2v) is 30.9. The molecule has 96 heavy (non-hydrogen) atoms. The molecule has 0 rings (SSSR count). The third kappa shape index (κ3) is 80.4. The lowest BCUT2D eigenvalue weighted by Crippen LogP contribution is -2.37. The molecule has 0 aromatic heterocycles. The minimum absolute atomic E-state index is 0.0286. The number of carbonyl (C=O) groups excluding carboxylic acids is 2. The van der Waals surface area contributed by atoms with Gasteiger partial charge in [-0.1, -0.05) is 389 Å². The minimum Gasteiger partial charge on any atom is -0.756 e. The highest BCUT2D eigenvalue weighted by atomic mass is 31.2. The number of allylic oxidation sites excluding steroid dienone is 12. The second-order valence-electron chi connectivity index (χ2n) is 29.5. The van der Waals surface area contributed by atoms with Crippen molar-refractivity contribution in [3.63, 3.8) is 0 Å². The molecule has 0 aromatic rings. The zero-order valence-corrected chi connectivity index (χ0v) is 65.2. The summed E-state index contributed by atoms with van der Waals surface area (Å²) in [6, 6.07) is 0. The number of hydrogen-bond donors (Lipinski definition) is 0. The number of esters is 2. The van der Waals surface area contributed by atoms with E-state index in [1.165, 1.54) is 315 Å². The summed E-state index contributed by atoms with van der Waals surface area (Å²) in [5.41, 5.74) is 0. The van der Waals surface area contributed by atoms with Gasteiger partial charge in [0.1, 0.15) is 19.8 Å². The SMILES string of the molecule is CC/C=C\C/C=C\C/C=C\C/C=C\C/C=C\CCCCCCCCCCCCCCCCCCCCCCCCCC(=O)OC(COC(=O)CCCCCCCCCCCCCCCCCCCCCCC/C=C\CCCCCCCCCC)COP(=O)([O-])OCC[N+](C)(C)C. The van der Waals surface area contributed by atoms with Crippen molar-refractivity contribution in [2.24, 2.45) is 0 Å². The van der Waals surface area contributed by atoms with Crippen molar-refractivity contribution in [1.29, 1.82) is 0 Å². The number of unbranched alkanes of at least 4 members (excludes halogenated alkanes) is 52. The molecule has 562 valence electrons. The smallest absolute Gasteiger partial charge is 0.306 e. The van der Waals surface area contributed by atoms with E-state index in [1.54, 1.807) is 0 Å². The Kier molecular flexibility index (Phi) is 74.6. The predicted octanol–water partition coefficient (Wildman–Crippen LogP) is 27.2. The summed E-state index contributed by atoms with van der Waals surface area (Å²) in [4.78, 5) is 38.2. The normalized spacial score (nSPS) is 13.4. The van der Waals surface area contributed by atoms with Crippen LogP contribution in [0.2, 0.25) is 0 Å². The topological polar surface area (TPSA) is 111 Å². The first kappa shape index (κ1) is 93.5. The standard InChI is InChI=1S/C86H160NO8P/c1-6-8-10-12-14-16-18-20-22-24-26-28-30-32-34-36-38-40-41-42-43-44-45-47-49-51-53-55-57-59-61-63-65-67-69-71-73-75-77-79-86(89)95-84(83-94-96(90,91)93-81-80-87(3,4)5)82-92-85(88)78-76-74-72-70-68-66-64-62-60-58-56-54-52-50-48-46-39-37-35-33-31-29-27-25-23-21-19-17-15-13-11-9-7-2/h8,10,14,16,20,22,25-28,32,34,84H,6-7,9,11-13,15,17-19,21,23-24,29-31,33,35-83H2,1-5H3/b10-8-,16-14-,22-20-,27-25-,28-26-,34-32-. The number of hydrogen-bond acceptors (Lipinski definition) is 8. The van der Waals surface area contributed by atoms with E-state index in [2.05, 4.69) is 86.8 Å². The first-order valence-corrected chi connectivity index (χ1v) is 43.1. The molecular weight excluding hydrogens is 1210 g/mol. The third-order valence-corrected chi connectivity index (χ3v) is 19.7. The molecule has 0 N–H and O–H groups in total. The molecule has 2 unspecified atom stereocenters. The van der Waals surface area contributed by atoms with Gasteiger partial charge in [-0.25, -0.2) is 0 Å². The van der Waals surface area contributed by atoms with Gasteiger partial charge in [0.25, 0.3) is 7.82 Å². The summed E-state index contributed by atoms with van der Waals surface area (Å²) in [5, 5.41) is 0. The summed E-state index contributed by atoms with van der Waals surface area (Å²) in [6.45, 7) is 4.20. The van der Waals surface area contributed by atoms with Gasteiger partial charge < -0.3 is 27.9 Å². The van der Waals surface area contributed by atoms with Crippen LogP contribution in [0.15, 0.2) is 72.9 Å². The van der Waals surface area contributed by atoms with Crippen molar-refractivity contribution in [2.75, 3.05) is 47.5 Å². The maximum Gasteiger partial charge on any atom is 0.306 e. The number of rotatable bonds is 78. The first-order chi connectivity index (χ1) is 47.0. The van der Waals surface area contributed by atoms with Crippen molar-refractivity contribution in [1.82, 2.24) is 0 Å². The molecule has 0 bridgehead atoms. The van der Waals surface area contributed by atoms with Crippen molar-refractivity contribution in [3.05, 3.63) is 72.9 Å². The van der Waals surface area contributed by atoms with E-state index in [-0.39, 0.29) is 32.0 Å². The van der Waals surface area contributed by atoms with E-state index in [1.807, 2.05) is 21.1 Å². The average molecular weight is 1370 g/mol. The molecule has 9 nitrogen and oxygen atoms in total. The first-order valence-electron chi connectivity index (χ1n) is 41.6. The number of nitrogens with zero attached hydrogens (tertiary/aromatic N) is 1. The van der Waals surface area contributed by atoms with Crippen molar-refractivity contribution < 1.29 is 42.1 Å². The van der Waals surface area contributed by atoms with E-state index in [0.717, 1.165) is 64.2 Å². The Morgan fingerprint density at radius 3 is 0.896 bits per heavy atom. The summed E-state index contributed by atoms with van der Waals surface area (Å²) < 4.78 is 34.5. The summed E-state index contributed by atoms with van der Waals surface area (Å²) in [5.74, 6) is -0.809. The molecule has 0 aliphatic carbocycles. The highest BCUT2D eigenvalue weighted by Gasteiger charge is 2.22. The Labute approximate surface area is 597 Å². The van der Waals surface area contributed by atoms with Gasteiger partial charge in [-0.15, -0.1) is 0 Å². The van der Waals surface area contributed by atoms with Gasteiger partial charge in [0, 0.05) is 12.8 Å². The molecule has 0 amide bonds. The van der Waals surface area contributed by atoms with E-state index < -0.39 is 26.5 Å². The van der Waals surface area contributed by atoms with Crippen LogP contribution < -0.4 is 4.89 Å². The van der Waals surface area contributed by atoms with E-state index in [4.69, 9.17) is 18.5 Å². The second kappa shape index (κ2) is 76.6. The Morgan fingerprint density at radius 2 is 0.594 bits per heavy atom. The zero-order valence-electron chi connectivity index (χ0n) is 64.3. The molecule has 10 heteroatoms. The number of phosphoric ester groups is 1. The van der Waals surface area contributed by atoms with Crippen molar-refractivity contribution in [2.45, 2.75) is 418 Å². The van der Waals surface area contributed by atoms with E-state index in [0.29, 0.717) is 17.4 Å². The molecule has 0 radical (unpaired) electrons. The van der Waals surface area contributed by atoms with Gasteiger partial charge in [-0.3, -0.25) is 14.2 Å². The Bertz CT molecular complexity index is 1850. The number of quaternary nitrogens is 1. The highest BCUT2D eigenvalue weighted by molar-refractivity contribution is 7.45. The monoisotopic (exact) mass is 1370 g/mol. The minimum atomic E-state index is -4.65. The molecule has 0 aliphatic heterocycles. The van der Waals surface area contributed by atoms with E-state index in [9.17, 15) is 19.0 Å². The molecule has 0 aliphatic rings. The lowest BCUT2D eigenvalue weighted by atomic mass is 10.0. The molecule has 0 fully saturated rings. The number of ether oxygens (including phenoxy) is 2. The quantitative estimate of drug-likeness (QED) is 0.0195. The van der Waals surface area contributed by atoms with Crippen LogP contribution >= 0.6 is 7.82 Å². The lowest BCUT2D eigenvalue weighted by Gasteiger charge is -2.28. The summed E-state index contributed by atoms with van der Waals surface area (Å²) >= 11 is 0. The molecular formula is C86H160NO8P. The largest absolute Gasteiger partial charge is 0.756 e. The molecule has 0 aromatic carbocycles. The Morgan fingerprint density at radius 1 is 0.333 bits per heavy atom. The van der Waals surface area contributed by atoms with Gasteiger partial charge in [-0.2, -0.15) is 0 Å². The van der Waals surface area contributed by atoms with Crippen LogP contribution in [0.5, 0.6) is 0 Å². The highest BCUT2D eigenvalue weighted by Crippen LogP contribution is 2.38. The molecule has 0 saturated heterocycles. The predicted molar refractivity (Wildman–Crippen MR) is 416 cm³/mol. The maximum atomic E-state index is 12.9. The van der Waals surface area contributed by atoms with Crippen LogP contribution in [0.25, 0.3) is 0 Å². The van der Waals surface area contributed by atoms with Crippen LogP contribution in [0, 0.1) is 0 Å². The molecule has 0 heterocycles. The fourth-order valence-electron chi connectivity index (χ4n) is 12.4. The van der Waals surface area contributed by atoms with Crippen molar-refractivity contribution in [3.8, 4) is 0 Å². The molecule has 0 saturated carbocycles. The number of likely N-dealkylation sites (N-methyl/N-ethyl adjacent to an activating group) is 1. The fourth-order valence-corrected chi connectivity index (χ4v) is 13.1. The maximum absolute atomic E-state index is 12.9. The van der Waals surface area contributed by atoms with Crippen LogP contribution in [0.1, 0.15) is 412 Å². The van der Waals surface area contributed by atoms with Crippen LogP contribution in [0.3, 0.4) is 0 Å². The lowest BCUT2D eigenvalue weighted by molar-refractivity contribution is -0.870. The fraction of sp³-hybridized carbons (Fsp3) is 0.837. The zero-order chi connectivity index (χ0) is 69.7. The van der Waals surface area contributed by atoms with Crippen LogP contribution in [-0.2, 0) is 32.7 Å². The van der Waals surface area contributed by atoms with Gasteiger partial charge in [0.15, 0.2) is 6.10 Å². The van der Waals surface area contributed by atoms with Gasteiger partial charge in [0.2, 0.25) is 0 Å². The molecule has 2 atom stereocenters. The summed E-state index contributed by atoms with van der Waals surface area (Å²) in [7, 11) is 1.19.